The Bertz CT molecular complexity index is 47.6. The van der Waals surface area contributed by atoms with E-state index in [-0.39, 0.29) is 6.19 Å². The van der Waals surface area contributed by atoms with Crippen LogP contribution in [0.15, 0.2) is 5.16 Å². The van der Waals surface area contributed by atoms with E-state index in [1.54, 1.807) is 0 Å². The molecule has 0 aliphatic heterocycles. The van der Waals surface area contributed by atoms with Gasteiger partial charge in [0.25, 0.3) is 0 Å². The van der Waals surface area contributed by atoms with Crippen LogP contribution in [0.3, 0.4) is 0 Å². The number of hydrogen-bond acceptors (Lipinski definition) is 2. The van der Waals surface area contributed by atoms with Crippen LogP contribution in [0, 0.1) is 0 Å². The highest BCUT2D eigenvalue weighted by molar-refractivity contribution is 5.51. The number of nitrogens with zero attached hydrogens (tertiary/aromatic N) is 1. The standard InChI is InChI=1S/C2H5NO/c1-2-3-4/h2,4H,1H3/b3-2+/i2T. The second-order valence-electron chi connectivity index (χ2n) is 0.324. The first-order chi connectivity index (χ1) is 2.27. The van der Waals surface area contributed by atoms with Gasteiger partial charge in [0.15, 0.2) is 0 Å². The van der Waals surface area contributed by atoms with E-state index >= 15 is 0 Å². The topological polar surface area (TPSA) is 32.6 Å². The summed E-state index contributed by atoms with van der Waals surface area (Å²) < 4.78 is 6.33. The summed E-state index contributed by atoms with van der Waals surface area (Å²) in [6.45, 7) is 1.39. The van der Waals surface area contributed by atoms with Gasteiger partial charge in [-0.15, -0.1) is 5.16 Å². The molecular weight excluding hydrogens is 54.0 g/mol. The van der Waals surface area contributed by atoms with Crippen LogP contribution in [0.5, 0.6) is 0 Å². The van der Waals surface area contributed by atoms with Crippen molar-refractivity contribution in [3.05, 3.63) is 0 Å². The third kappa shape index (κ3) is 1.47. The molecule has 0 fully saturated rings. The maximum atomic E-state index is 7.54. The van der Waals surface area contributed by atoms with Crippen LogP contribution in [0.1, 0.15) is 8.29 Å². The molecule has 1 N–H and O–H groups in total. The van der Waals surface area contributed by atoms with Crippen LogP contribution in [-0.2, 0) is 0 Å². The van der Waals surface area contributed by atoms with Gasteiger partial charge in [-0.1, -0.05) is 0 Å². The van der Waals surface area contributed by atoms with Crippen molar-refractivity contribution in [2.24, 2.45) is 5.16 Å². The van der Waals surface area contributed by atoms with E-state index in [4.69, 9.17) is 6.58 Å². The van der Waals surface area contributed by atoms with Crippen molar-refractivity contribution in [1.29, 1.82) is 0 Å². The van der Waals surface area contributed by atoms with Crippen molar-refractivity contribution in [2.75, 3.05) is 0 Å². The molecule has 0 unspecified atom stereocenters. The third-order valence-electron chi connectivity index (χ3n) is 0.100. The van der Waals surface area contributed by atoms with E-state index in [1.165, 1.54) is 6.92 Å². The predicted octanol–water partition coefficient (Wildman–Crippen LogP) is 0.466. The normalized spacial score (nSPS) is 15.2. The van der Waals surface area contributed by atoms with Gasteiger partial charge in [0, 0.05) is 6.19 Å². The molecule has 0 rings (SSSR count). The lowest BCUT2D eigenvalue weighted by Crippen LogP contribution is -1.49. The molecule has 2 nitrogen and oxygen atoms in total. The van der Waals surface area contributed by atoms with Crippen LogP contribution in [0.25, 0.3) is 0 Å². The zero-order chi connectivity index (χ0) is 4.28. The summed E-state index contributed by atoms with van der Waals surface area (Å²) in [6.07, 6.45) is -0.0648. The largest absolute Gasteiger partial charge is 0.411 e. The molecule has 4 heavy (non-hydrogen) atoms. The monoisotopic (exact) mass is 61.0 g/mol. The van der Waals surface area contributed by atoms with Gasteiger partial charge in [0.05, 0.1) is 1.37 Å². The molecule has 0 aliphatic rings. The van der Waals surface area contributed by atoms with E-state index in [0.29, 0.717) is 0 Å². The first-order valence-corrected chi connectivity index (χ1v) is 0.924. The summed E-state index contributed by atoms with van der Waals surface area (Å²) in [5.41, 5.74) is 0. The minimum Gasteiger partial charge on any atom is -0.411 e. The Labute approximate surface area is 26.2 Å². The Balaban J connectivity index is 3.14. The molecule has 0 atom stereocenters. The van der Waals surface area contributed by atoms with Crippen molar-refractivity contribution in [2.45, 2.75) is 6.92 Å². The van der Waals surface area contributed by atoms with Gasteiger partial charge >= 0.3 is 0 Å². The lowest BCUT2D eigenvalue weighted by molar-refractivity contribution is 0.321. The quantitative estimate of drug-likeness (QED) is 0.246. The molecule has 0 aromatic rings. The minimum atomic E-state index is -0.0648. The van der Waals surface area contributed by atoms with Gasteiger partial charge in [-0.2, -0.15) is 0 Å². The number of rotatable bonds is 0. The van der Waals surface area contributed by atoms with Gasteiger partial charge in [-0.25, -0.2) is 0 Å². The Morgan fingerprint density at radius 3 is 2.75 bits per heavy atom. The SMILES string of the molecule is [3H]/C(C)=N\O. The average Bonchev–Trinajstić information content (AvgIpc) is 1.38. The molecule has 0 heterocycles. The van der Waals surface area contributed by atoms with Crippen LogP contribution < -0.4 is 0 Å². The number of hydrogen-bond donors (Lipinski definition) is 1. The lowest BCUT2D eigenvalue weighted by atomic mass is 10.9. The summed E-state index contributed by atoms with van der Waals surface area (Å²) in [5, 5.41) is 10.0. The summed E-state index contributed by atoms with van der Waals surface area (Å²) in [6, 6.07) is 0. The van der Waals surface area contributed by atoms with Crippen LogP contribution in [0.2, 0.25) is 0 Å². The van der Waals surface area contributed by atoms with Crippen molar-refractivity contribution >= 4 is 6.19 Å². The molecule has 2 heteroatoms. The van der Waals surface area contributed by atoms with E-state index < -0.39 is 0 Å². The van der Waals surface area contributed by atoms with E-state index in [9.17, 15) is 0 Å². The minimum absolute atomic E-state index is 0.0648. The predicted molar refractivity (Wildman–Crippen MR) is 16.0 cm³/mol. The molecule has 0 aliphatic carbocycles. The lowest BCUT2D eigenvalue weighted by Gasteiger charge is -1.54. The van der Waals surface area contributed by atoms with Gasteiger partial charge in [0.2, 0.25) is 0 Å². The molecular formula is C2H5NO. The molecule has 0 spiro atoms. The van der Waals surface area contributed by atoms with Crippen LogP contribution in [-0.4, -0.2) is 11.4 Å². The Morgan fingerprint density at radius 1 is 2.50 bits per heavy atom. The summed E-state index contributed by atoms with van der Waals surface area (Å²) in [7, 11) is 0. The first kappa shape index (κ1) is 1.76. The second-order valence-corrected chi connectivity index (χ2v) is 0.324. The maximum Gasteiger partial charge on any atom is 0.0824 e. The number of oxime groups is 1. The molecule has 0 aromatic carbocycles. The molecule has 0 amide bonds. The molecule has 0 bridgehead atoms. The Hall–Kier alpha value is -0.530. The van der Waals surface area contributed by atoms with Gasteiger partial charge in [-0.05, 0) is 6.92 Å². The second kappa shape index (κ2) is 2.47. The first-order valence-electron chi connectivity index (χ1n) is 1.42. The van der Waals surface area contributed by atoms with E-state index in [0.717, 1.165) is 0 Å². The van der Waals surface area contributed by atoms with Crippen molar-refractivity contribution in [3.63, 3.8) is 0 Å². The highest BCUT2D eigenvalue weighted by atomic mass is 16.4. The zero-order valence-electron chi connectivity index (χ0n) is 3.39. The molecule has 0 saturated carbocycles. The molecule has 0 radical (unpaired) electrons. The Morgan fingerprint density at radius 2 is 2.75 bits per heavy atom. The fraction of sp³-hybridized carbons (Fsp3) is 0.500. The summed E-state index contributed by atoms with van der Waals surface area (Å²) in [5.74, 6) is 0. The highest BCUT2D eigenvalue weighted by Crippen LogP contribution is 1.38. The smallest absolute Gasteiger partial charge is 0.0824 e. The van der Waals surface area contributed by atoms with Crippen molar-refractivity contribution in [3.8, 4) is 0 Å². The maximum absolute atomic E-state index is 7.54. The third-order valence-corrected chi connectivity index (χ3v) is 0.100. The van der Waals surface area contributed by atoms with Crippen LogP contribution >= 0.6 is 0 Å². The Kier molecular flexibility index (Phi) is 1.09. The molecule has 0 aromatic heterocycles. The van der Waals surface area contributed by atoms with E-state index in [2.05, 4.69) is 5.16 Å². The van der Waals surface area contributed by atoms with Gasteiger partial charge in [-0.3, -0.25) is 0 Å². The summed E-state index contributed by atoms with van der Waals surface area (Å²) >= 11 is 0. The fourth-order valence-corrected chi connectivity index (χ4v) is 0. The van der Waals surface area contributed by atoms with Gasteiger partial charge < -0.3 is 5.21 Å². The fourth-order valence-electron chi connectivity index (χ4n) is 0. The van der Waals surface area contributed by atoms with E-state index in [1.807, 2.05) is 0 Å². The zero-order valence-corrected chi connectivity index (χ0v) is 2.39. The average molecular weight is 61.1 g/mol. The van der Waals surface area contributed by atoms with Gasteiger partial charge in [0.1, 0.15) is 0 Å². The van der Waals surface area contributed by atoms with Crippen molar-refractivity contribution < 1.29 is 6.58 Å². The van der Waals surface area contributed by atoms with Crippen LogP contribution in [0.4, 0.5) is 0 Å². The highest BCUT2D eigenvalue weighted by Gasteiger charge is 1.34. The summed E-state index contributed by atoms with van der Waals surface area (Å²) in [4.78, 5) is 0. The van der Waals surface area contributed by atoms with Crippen molar-refractivity contribution in [1.82, 2.24) is 0 Å². The molecule has 0 saturated heterocycles. The molecule has 24 valence electrons.